The molecule has 0 radical (unpaired) electrons. The minimum Gasteiger partial charge on any atom is -0.282 e. The molecule has 11 heavy (non-hydrogen) atoms. The summed E-state index contributed by atoms with van der Waals surface area (Å²) in [7, 11) is -3.93. The lowest BCUT2D eigenvalue weighted by Crippen LogP contribution is -2.04. The Balaban J connectivity index is 2.95. The van der Waals surface area contributed by atoms with Gasteiger partial charge < -0.3 is 0 Å². The highest BCUT2D eigenvalue weighted by atomic mass is 32.2. The van der Waals surface area contributed by atoms with Crippen LogP contribution in [0.2, 0.25) is 0 Å². The number of allylic oxidation sites excluding steroid dienone is 4. The first-order valence-corrected chi connectivity index (χ1v) is 4.78. The van der Waals surface area contributed by atoms with Crippen LogP contribution in [0, 0.1) is 0 Å². The van der Waals surface area contributed by atoms with Gasteiger partial charge in [0.15, 0.2) is 0 Å². The van der Waals surface area contributed by atoms with Gasteiger partial charge in [0.05, 0.1) is 4.91 Å². The molecule has 1 N–H and O–H groups in total. The normalized spacial score (nSPS) is 19.1. The van der Waals surface area contributed by atoms with E-state index in [-0.39, 0.29) is 4.91 Å². The monoisotopic (exact) mass is 174 g/mol. The van der Waals surface area contributed by atoms with E-state index in [1.54, 1.807) is 6.08 Å². The van der Waals surface area contributed by atoms with Crippen molar-refractivity contribution >= 4 is 10.1 Å². The SMILES string of the molecule is CC1=CC=C(S(=O)(=O)O)CC1. The Labute approximate surface area is 66.2 Å². The lowest BCUT2D eigenvalue weighted by atomic mass is 10.1. The van der Waals surface area contributed by atoms with E-state index in [0.717, 1.165) is 5.57 Å². The van der Waals surface area contributed by atoms with Gasteiger partial charge in [-0.2, -0.15) is 8.42 Å². The fraction of sp³-hybridized carbons (Fsp3) is 0.429. The minimum atomic E-state index is -3.93. The number of hydrogen-bond acceptors (Lipinski definition) is 2. The van der Waals surface area contributed by atoms with E-state index in [0.29, 0.717) is 12.8 Å². The lowest BCUT2D eigenvalue weighted by Gasteiger charge is -2.08. The van der Waals surface area contributed by atoms with Crippen LogP contribution in [0.1, 0.15) is 19.8 Å². The van der Waals surface area contributed by atoms with Crippen LogP contribution in [0.25, 0.3) is 0 Å². The molecule has 0 aromatic heterocycles. The Kier molecular flexibility index (Phi) is 2.15. The minimum absolute atomic E-state index is 0.114. The summed E-state index contributed by atoms with van der Waals surface area (Å²) < 4.78 is 29.7. The van der Waals surface area contributed by atoms with Crippen LogP contribution in [0.15, 0.2) is 22.6 Å². The molecule has 0 aromatic carbocycles. The van der Waals surface area contributed by atoms with Crippen LogP contribution in [-0.2, 0) is 10.1 Å². The van der Waals surface area contributed by atoms with Gasteiger partial charge in [0.1, 0.15) is 0 Å². The van der Waals surface area contributed by atoms with Gasteiger partial charge in [0, 0.05) is 0 Å². The first-order chi connectivity index (χ1) is 5.00. The van der Waals surface area contributed by atoms with Crippen molar-refractivity contribution in [1.29, 1.82) is 0 Å². The molecule has 0 saturated carbocycles. The van der Waals surface area contributed by atoms with Gasteiger partial charge in [0.25, 0.3) is 10.1 Å². The Bertz CT molecular complexity index is 309. The van der Waals surface area contributed by atoms with Crippen molar-refractivity contribution < 1.29 is 13.0 Å². The average Bonchev–Trinajstić information content (AvgIpc) is 1.86. The Morgan fingerprint density at radius 3 is 2.36 bits per heavy atom. The third kappa shape index (κ3) is 2.17. The van der Waals surface area contributed by atoms with Crippen molar-refractivity contribution in [3.8, 4) is 0 Å². The quantitative estimate of drug-likeness (QED) is 0.613. The Hall–Kier alpha value is -0.610. The molecule has 0 spiro atoms. The maximum Gasteiger partial charge on any atom is 0.290 e. The van der Waals surface area contributed by atoms with Gasteiger partial charge in [-0.15, -0.1) is 0 Å². The second kappa shape index (κ2) is 2.79. The molecule has 1 aliphatic carbocycles. The number of rotatable bonds is 1. The molecule has 0 unspecified atom stereocenters. The van der Waals surface area contributed by atoms with Crippen molar-refractivity contribution in [3.05, 3.63) is 22.6 Å². The first kappa shape index (κ1) is 8.49. The summed E-state index contributed by atoms with van der Waals surface area (Å²) in [6, 6.07) is 0. The molecule has 0 heterocycles. The van der Waals surface area contributed by atoms with Gasteiger partial charge in [-0.3, -0.25) is 4.55 Å². The van der Waals surface area contributed by atoms with Crippen molar-refractivity contribution in [2.24, 2.45) is 0 Å². The fourth-order valence-corrected chi connectivity index (χ4v) is 1.54. The van der Waals surface area contributed by atoms with Crippen LogP contribution in [0.3, 0.4) is 0 Å². The van der Waals surface area contributed by atoms with Crippen LogP contribution < -0.4 is 0 Å². The lowest BCUT2D eigenvalue weighted by molar-refractivity contribution is 0.488. The van der Waals surface area contributed by atoms with Gasteiger partial charge in [-0.25, -0.2) is 0 Å². The smallest absolute Gasteiger partial charge is 0.282 e. The second-order valence-electron chi connectivity index (χ2n) is 2.62. The molecular formula is C7H10O3S. The largest absolute Gasteiger partial charge is 0.290 e. The standard InChI is InChI=1S/C7H10O3S/c1-6-2-4-7(5-3-6)11(8,9)10/h2,4H,3,5H2,1H3,(H,8,9,10). The van der Waals surface area contributed by atoms with E-state index < -0.39 is 10.1 Å². The summed E-state index contributed by atoms with van der Waals surface area (Å²) in [5, 5.41) is 0. The van der Waals surface area contributed by atoms with E-state index in [1.807, 2.05) is 6.92 Å². The average molecular weight is 174 g/mol. The molecular weight excluding hydrogens is 164 g/mol. The molecule has 0 fully saturated rings. The molecule has 0 aliphatic heterocycles. The molecule has 4 heteroatoms. The summed E-state index contributed by atoms with van der Waals surface area (Å²) in [6.07, 6.45) is 4.30. The highest BCUT2D eigenvalue weighted by Gasteiger charge is 2.14. The topological polar surface area (TPSA) is 54.4 Å². The van der Waals surface area contributed by atoms with Crippen molar-refractivity contribution in [2.45, 2.75) is 19.8 Å². The summed E-state index contributed by atoms with van der Waals surface area (Å²) >= 11 is 0. The predicted octanol–water partition coefficient (Wildman–Crippen LogP) is 1.50. The van der Waals surface area contributed by atoms with Gasteiger partial charge in [-0.05, 0) is 25.8 Å². The number of hydrogen-bond donors (Lipinski definition) is 1. The highest BCUT2D eigenvalue weighted by molar-refractivity contribution is 7.89. The molecule has 0 saturated heterocycles. The third-order valence-corrected chi connectivity index (χ3v) is 2.65. The van der Waals surface area contributed by atoms with E-state index in [1.165, 1.54) is 6.08 Å². The van der Waals surface area contributed by atoms with Crippen LogP contribution >= 0.6 is 0 Å². The highest BCUT2D eigenvalue weighted by Crippen LogP contribution is 2.20. The van der Waals surface area contributed by atoms with Gasteiger partial charge in [-0.1, -0.05) is 11.6 Å². The van der Waals surface area contributed by atoms with Crippen molar-refractivity contribution in [3.63, 3.8) is 0 Å². The van der Waals surface area contributed by atoms with Gasteiger partial charge >= 0.3 is 0 Å². The van der Waals surface area contributed by atoms with Crippen LogP contribution in [-0.4, -0.2) is 13.0 Å². The third-order valence-electron chi connectivity index (χ3n) is 1.65. The van der Waals surface area contributed by atoms with E-state index in [9.17, 15) is 8.42 Å². The Morgan fingerprint density at radius 2 is 2.00 bits per heavy atom. The summed E-state index contributed by atoms with van der Waals surface area (Å²) in [6.45, 7) is 1.93. The molecule has 0 atom stereocenters. The molecule has 1 aliphatic rings. The Morgan fingerprint density at radius 1 is 1.36 bits per heavy atom. The first-order valence-electron chi connectivity index (χ1n) is 3.34. The maximum absolute atomic E-state index is 10.6. The van der Waals surface area contributed by atoms with Crippen LogP contribution in [0.5, 0.6) is 0 Å². The zero-order valence-corrected chi connectivity index (χ0v) is 7.06. The summed E-state index contributed by atoms with van der Waals surface area (Å²) in [5.41, 5.74) is 1.14. The summed E-state index contributed by atoms with van der Waals surface area (Å²) in [4.78, 5) is 0.114. The zero-order chi connectivity index (χ0) is 8.48. The predicted molar refractivity (Wildman–Crippen MR) is 42.6 cm³/mol. The molecule has 0 aromatic rings. The molecule has 1 rings (SSSR count). The van der Waals surface area contributed by atoms with E-state index in [4.69, 9.17) is 4.55 Å². The zero-order valence-electron chi connectivity index (χ0n) is 6.24. The van der Waals surface area contributed by atoms with E-state index in [2.05, 4.69) is 0 Å². The van der Waals surface area contributed by atoms with Crippen molar-refractivity contribution in [1.82, 2.24) is 0 Å². The maximum atomic E-state index is 10.6. The van der Waals surface area contributed by atoms with Crippen molar-refractivity contribution in [2.75, 3.05) is 0 Å². The molecule has 3 nitrogen and oxygen atoms in total. The molecule has 0 bridgehead atoms. The second-order valence-corrected chi connectivity index (χ2v) is 4.10. The fourth-order valence-electron chi connectivity index (χ4n) is 0.937. The molecule has 0 amide bonds. The summed E-state index contributed by atoms with van der Waals surface area (Å²) in [5.74, 6) is 0. The van der Waals surface area contributed by atoms with Crippen LogP contribution in [0.4, 0.5) is 0 Å². The molecule has 62 valence electrons. The van der Waals surface area contributed by atoms with E-state index >= 15 is 0 Å². The van der Waals surface area contributed by atoms with Gasteiger partial charge in [0.2, 0.25) is 0 Å².